The van der Waals surface area contributed by atoms with E-state index in [1.165, 1.54) is 6.42 Å². The Balaban J connectivity index is 1.39. The van der Waals surface area contributed by atoms with Crippen LogP contribution in [0.1, 0.15) is 52.4 Å². The highest BCUT2D eigenvalue weighted by Gasteiger charge is 2.72. The second kappa shape index (κ2) is 10.8. The second-order valence-electron chi connectivity index (χ2n) is 10.8. The van der Waals surface area contributed by atoms with Gasteiger partial charge in [0, 0.05) is 29.9 Å². The van der Waals surface area contributed by atoms with Gasteiger partial charge in [-0.2, -0.15) is 0 Å². The number of amides is 3. The smallest absolute Gasteiger partial charge is 0.246 e. The van der Waals surface area contributed by atoms with Crippen molar-refractivity contribution in [1.82, 2.24) is 10.2 Å². The van der Waals surface area contributed by atoms with Crippen LogP contribution < -0.4 is 10.6 Å². The molecule has 5 atom stereocenters. The van der Waals surface area contributed by atoms with E-state index in [2.05, 4.69) is 10.6 Å². The van der Waals surface area contributed by atoms with Crippen molar-refractivity contribution < 1.29 is 23.9 Å². The van der Waals surface area contributed by atoms with Gasteiger partial charge in [0.2, 0.25) is 17.7 Å². The lowest BCUT2D eigenvalue weighted by molar-refractivity contribution is -0.141. The van der Waals surface area contributed by atoms with Crippen LogP contribution >= 0.6 is 11.6 Å². The number of hydrogen-bond donors (Lipinski definition) is 2. The lowest BCUT2D eigenvalue weighted by Gasteiger charge is -2.34. The third-order valence-corrected chi connectivity index (χ3v) is 8.23. The van der Waals surface area contributed by atoms with Gasteiger partial charge in [0.25, 0.3) is 0 Å². The minimum Gasteiger partial charge on any atom is -0.379 e. The Bertz CT molecular complexity index is 1050. The van der Waals surface area contributed by atoms with Crippen molar-refractivity contribution in [2.45, 2.75) is 82.3 Å². The van der Waals surface area contributed by atoms with Crippen molar-refractivity contribution in [3.63, 3.8) is 0 Å². The van der Waals surface area contributed by atoms with Gasteiger partial charge in [-0.25, -0.2) is 0 Å². The fourth-order valence-electron chi connectivity index (χ4n) is 6.35. The fraction of sp³-hybridized carbons (Fsp3) is 0.607. The Labute approximate surface area is 223 Å². The molecule has 4 aliphatic rings. The molecule has 1 aromatic carbocycles. The molecular formula is C28H36ClN3O5. The van der Waals surface area contributed by atoms with Gasteiger partial charge in [-0.05, 0) is 57.4 Å². The summed E-state index contributed by atoms with van der Waals surface area (Å²) in [7, 11) is 0. The van der Waals surface area contributed by atoms with E-state index in [1.54, 1.807) is 29.2 Å². The molecule has 2 saturated heterocycles. The van der Waals surface area contributed by atoms with E-state index >= 15 is 0 Å². The number of ether oxygens (including phenoxy) is 2. The molecule has 1 aromatic rings. The Morgan fingerprint density at radius 2 is 1.89 bits per heavy atom. The number of hydrogen-bond acceptors (Lipinski definition) is 5. The zero-order valence-corrected chi connectivity index (χ0v) is 22.2. The molecule has 9 heteroatoms. The maximum absolute atomic E-state index is 13.9. The average molecular weight is 530 g/mol. The fourth-order valence-corrected chi connectivity index (χ4v) is 6.47. The number of nitrogens with one attached hydrogen (secondary N) is 2. The number of carbonyl (C=O) groups excluding carboxylic acids is 3. The van der Waals surface area contributed by atoms with Gasteiger partial charge in [-0.15, -0.1) is 0 Å². The summed E-state index contributed by atoms with van der Waals surface area (Å²) in [5, 5.41) is 6.69. The van der Waals surface area contributed by atoms with E-state index in [4.69, 9.17) is 21.1 Å². The number of halogens is 1. The molecule has 3 fully saturated rings. The van der Waals surface area contributed by atoms with Crippen molar-refractivity contribution in [3.05, 3.63) is 41.4 Å². The average Bonchev–Trinajstić information content (AvgIpc) is 3.51. The highest BCUT2D eigenvalue weighted by molar-refractivity contribution is 6.30. The quantitative estimate of drug-likeness (QED) is 0.375. The van der Waals surface area contributed by atoms with Crippen molar-refractivity contribution in [2.75, 3.05) is 18.5 Å². The lowest BCUT2D eigenvalue weighted by Crippen LogP contribution is -2.56. The SMILES string of the molecule is CC(C)OCCCN1C(=O)[C@H]2C(C(=O)Nc3ccc(Cl)cc3)[C@H]3C=CC2(O3)C1C(=O)NC1CCCCC1. The zero-order chi connectivity index (χ0) is 26.2. The van der Waals surface area contributed by atoms with E-state index in [-0.39, 0.29) is 29.9 Å². The van der Waals surface area contributed by atoms with Crippen LogP contribution in [-0.4, -0.2) is 65.7 Å². The first-order valence-electron chi connectivity index (χ1n) is 13.5. The molecule has 8 nitrogen and oxygen atoms in total. The van der Waals surface area contributed by atoms with Crippen LogP contribution in [0, 0.1) is 11.8 Å². The van der Waals surface area contributed by atoms with E-state index in [1.807, 2.05) is 26.0 Å². The van der Waals surface area contributed by atoms with Crippen molar-refractivity contribution in [1.29, 1.82) is 0 Å². The predicted molar refractivity (Wildman–Crippen MR) is 140 cm³/mol. The lowest BCUT2D eigenvalue weighted by atomic mass is 9.74. The van der Waals surface area contributed by atoms with Gasteiger partial charge in [0.05, 0.1) is 24.0 Å². The Morgan fingerprint density at radius 3 is 2.59 bits per heavy atom. The van der Waals surface area contributed by atoms with Crippen LogP contribution in [0.4, 0.5) is 5.69 Å². The molecular weight excluding hydrogens is 494 g/mol. The summed E-state index contributed by atoms with van der Waals surface area (Å²) in [6.07, 6.45) is 9.04. The zero-order valence-electron chi connectivity index (χ0n) is 21.5. The minimum atomic E-state index is -1.15. The topological polar surface area (TPSA) is 97.0 Å². The van der Waals surface area contributed by atoms with E-state index < -0.39 is 29.6 Å². The Morgan fingerprint density at radius 1 is 1.16 bits per heavy atom. The number of likely N-dealkylation sites (tertiary alicyclic amines) is 1. The summed E-state index contributed by atoms with van der Waals surface area (Å²) in [5.41, 5.74) is -0.559. The van der Waals surface area contributed by atoms with Crippen LogP contribution in [0.3, 0.4) is 0 Å². The molecule has 2 bridgehead atoms. The van der Waals surface area contributed by atoms with Crippen molar-refractivity contribution in [2.24, 2.45) is 11.8 Å². The molecule has 3 heterocycles. The third-order valence-electron chi connectivity index (χ3n) is 7.98. The summed E-state index contributed by atoms with van der Waals surface area (Å²) in [4.78, 5) is 42.8. The second-order valence-corrected chi connectivity index (χ2v) is 11.3. The summed E-state index contributed by atoms with van der Waals surface area (Å²) in [6.45, 7) is 4.77. The maximum Gasteiger partial charge on any atom is 0.246 e. The highest BCUT2D eigenvalue weighted by Crippen LogP contribution is 2.55. The van der Waals surface area contributed by atoms with Gasteiger partial charge in [0.1, 0.15) is 11.6 Å². The van der Waals surface area contributed by atoms with Gasteiger partial charge in [-0.1, -0.05) is 43.0 Å². The van der Waals surface area contributed by atoms with Gasteiger partial charge >= 0.3 is 0 Å². The van der Waals surface area contributed by atoms with Crippen molar-refractivity contribution >= 4 is 35.0 Å². The molecule has 3 amide bonds. The van der Waals surface area contributed by atoms with Crippen LogP contribution in [0.2, 0.25) is 5.02 Å². The van der Waals surface area contributed by atoms with E-state index in [0.717, 1.165) is 25.7 Å². The minimum absolute atomic E-state index is 0.0838. The number of benzene rings is 1. The predicted octanol–water partition coefficient (Wildman–Crippen LogP) is 3.69. The molecule has 1 saturated carbocycles. The monoisotopic (exact) mass is 529 g/mol. The third kappa shape index (κ3) is 5.03. The first-order valence-corrected chi connectivity index (χ1v) is 13.8. The van der Waals surface area contributed by atoms with Crippen LogP contribution in [0.25, 0.3) is 0 Å². The highest BCUT2D eigenvalue weighted by atomic mass is 35.5. The normalized spacial score (nSPS) is 30.7. The molecule has 37 heavy (non-hydrogen) atoms. The van der Waals surface area contributed by atoms with E-state index in [0.29, 0.717) is 30.3 Å². The number of rotatable bonds is 9. The summed E-state index contributed by atoms with van der Waals surface area (Å²) in [5.74, 6) is -2.20. The molecule has 2 N–H and O–H groups in total. The summed E-state index contributed by atoms with van der Waals surface area (Å²) >= 11 is 5.98. The molecule has 200 valence electrons. The molecule has 3 aliphatic heterocycles. The molecule has 0 radical (unpaired) electrons. The first kappa shape index (κ1) is 26.2. The molecule has 3 unspecified atom stereocenters. The van der Waals surface area contributed by atoms with Crippen LogP contribution in [-0.2, 0) is 23.9 Å². The Hall–Kier alpha value is -2.42. The molecule has 1 spiro atoms. The first-order chi connectivity index (χ1) is 17.8. The van der Waals surface area contributed by atoms with Crippen molar-refractivity contribution in [3.8, 4) is 0 Å². The maximum atomic E-state index is 13.9. The molecule has 5 rings (SSSR count). The molecule has 1 aliphatic carbocycles. The Kier molecular flexibility index (Phi) is 7.61. The molecule has 0 aromatic heterocycles. The number of nitrogens with zero attached hydrogens (tertiary/aromatic N) is 1. The number of carbonyl (C=O) groups is 3. The summed E-state index contributed by atoms with van der Waals surface area (Å²) < 4.78 is 12.1. The standard InChI is InChI=1S/C28H36ClN3O5/c1-17(2)36-16-6-15-32-24(26(34)31-19-7-4-3-5-8-19)28-14-13-21(37-28)22(23(28)27(32)35)25(33)30-20-11-9-18(29)10-12-20/h9-14,17,19,21-24H,3-8,15-16H2,1-2H3,(H,30,33)(H,31,34)/t21-,22?,23-,24?,28?/m1/s1. The number of anilines is 1. The van der Waals surface area contributed by atoms with Gasteiger partial charge in [0.15, 0.2) is 0 Å². The van der Waals surface area contributed by atoms with Gasteiger partial charge in [-0.3, -0.25) is 14.4 Å². The van der Waals surface area contributed by atoms with Gasteiger partial charge < -0.3 is 25.0 Å². The summed E-state index contributed by atoms with van der Waals surface area (Å²) in [6, 6.07) is 6.12. The number of fused-ring (bicyclic) bond motifs is 1. The van der Waals surface area contributed by atoms with Crippen LogP contribution in [0.15, 0.2) is 36.4 Å². The van der Waals surface area contributed by atoms with Crippen LogP contribution in [0.5, 0.6) is 0 Å². The van der Waals surface area contributed by atoms with E-state index in [9.17, 15) is 14.4 Å². The largest absolute Gasteiger partial charge is 0.379 e.